The molecule has 0 radical (unpaired) electrons. The van der Waals surface area contributed by atoms with E-state index < -0.39 is 69.0 Å². The Labute approximate surface area is 159 Å². The van der Waals surface area contributed by atoms with Gasteiger partial charge in [-0.3, -0.25) is 23.7 Å². The highest BCUT2D eigenvalue weighted by Gasteiger charge is 2.54. The van der Waals surface area contributed by atoms with E-state index in [0.29, 0.717) is 0 Å². The first-order valence-electron chi connectivity index (χ1n) is 7.84. The smallest absolute Gasteiger partial charge is 0.463 e. The average molecular weight is 428 g/mol. The molecule has 14 heteroatoms. The molecule has 0 saturated carbocycles. The van der Waals surface area contributed by atoms with Crippen LogP contribution in [0.5, 0.6) is 0 Å². The lowest BCUT2D eigenvalue weighted by Crippen LogP contribution is -2.62. The quantitative estimate of drug-likeness (QED) is 0.292. The second-order valence-corrected chi connectivity index (χ2v) is 6.86. The normalized spacial score (nSPS) is 27.4. The van der Waals surface area contributed by atoms with Crippen LogP contribution in [0.4, 0.5) is 0 Å². The van der Waals surface area contributed by atoms with E-state index in [1.165, 1.54) is 0 Å². The molecule has 13 nitrogen and oxygen atoms in total. The van der Waals surface area contributed by atoms with E-state index in [0.717, 1.165) is 27.7 Å². The highest BCUT2D eigenvalue weighted by molar-refractivity contribution is 7.46. The van der Waals surface area contributed by atoms with E-state index in [1.807, 2.05) is 0 Å². The minimum Gasteiger partial charge on any atom is -0.463 e. The molecule has 0 bridgehead atoms. The Bertz CT molecular complexity index is 656. The van der Waals surface area contributed by atoms with Crippen molar-refractivity contribution in [1.82, 2.24) is 0 Å². The Balaban J connectivity index is 3.34. The molecule has 0 aromatic carbocycles. The maximum atomic E-state index is 11.5. The highest BCUT2D eigenvalue weighted by Crippen LogP contribution is 2.42. The first-order chi connectivity index (χ1) is 12.8. The Morgan fingerprint density at radius 3 is 1.71 bits per heavy atom. The van der Waals surface area contributed by atoms with Gasteiger partial charge in [0, 0.05) is 27.7 Å². The van der Waals surface area contributed by atoms with E-state index in [1.54, 1.807) is 0 Å². The summed E-state index contributed by atoms with van der Waals surface area (Å²) < 4.78 is 40.9. The number of phosphoric acid groups is 1. The molecular formula is C14H21O13P. The predicted octanol–water partition coefficient (Wildman–Crippen LogP) is -0.821. The third kappa shape index (κ3) is 7.90. The van der Waals surface area contributed by atoms with Gasteiger partial charge in [0.2, 0.25) is 6.29 Å². The third-order valence-corrected chi connectivity index (χ3v) is 3.67. The second kappa shape index (κ2) is 9.94. The average Bonchev–Trinajstić information content (AvgIpc) is 2.48. The number of carbonyl (C=O) groups is 4. The number of carbonyl (C=O) groups excluding carboxylic acids is 4. The molecule has 0 spiro atoms. The van der Waals surface area contributed by atoms with Gasteiger partial charge in [-0.1, -0.05) is 0 Å². The molecule has 1 aliphatic rings. The van der Waals surface area contributed by atoms with E-state index in [-0.39, 0.29) is 0 Å². The van der Waals surface area contributed by atoms with Gasteiger partial charge in [-0.2, -0.15) is 0 Å². The summed E-state index contributed by atoms with van der Waals surface area (Å²) in [5, 5.41) is 0. The minimum absolute atomic E-state index is 0.543. The zero-order chi connectivity index (χ0) is 21.6. The van der Waals surface area contributed by atoms with Crippen molar-refractivity contribution >= 4 is 31.7 Å². The molecule has 0 aromatic rings. The maximum absolute atomic E-state index is 11.5. The molecular weight excluding hydrogens is 407 g/mol. The van der Waals surface area contributed by atoms with Crippen molar-refractivity contribution in [2.45, 2.75) is 58.4 Å². The van der Waals surface area contributed by atoms with Gasteiger partial charge in [-0.25, -0.2) is 4.57 Å². The van der Waals surface area contributed by atoms with Gasteiger partial charge >= 0.3 is 31.7 Å². The molecule has 0 unspecified atom stereocenters. The first kappa shape index (κ1) is 24.0. The summed E-state index contributed by atoms with van der Waals surface area (Å²) in [6.07, 6.45) is -8.01. The van der Waals surface area contributed by atoms with Crippen LogP contribution in [0.2, 0.25) is 0 Å². The minimum atomic E-state index is -5.16. The molecule has 0 aromatic heterocycles. The molecule has 28 heavy (non-hydrogen) atoms. The van der Waals surface area contributed by atoms with Gasteiger partial charge in [0.1, 0.15) is 12.7 Å². The number of phosphoric ester groups is 1. The Kier molecular flexibility index (Phi) is 8.51. The van der Waals surface area contributed by atoms with Crippen molar-refractivity contribution in [1.29, 1.82) is 0 Å². The third-order valence-electron chi connectivity index (χ3n) is 3.19. The monoisotopic (exact) mass is 428 g/mol. The summed E-state index contributed by atoms with van der Waals surface area (Å²) >= 11 is 0. The van der Waals surface area contributed by atoms with Gasteiger partial charge in [-0.15, -0.1) is 0 Å². The topological polar surface area (TPSA) is 181 Å². The summed E-state index contributed by atoms with van der Waals surface area (Å²) in [5.74, 6) is -3.38. The van der Waals surface area contributed by atoms with Crippen molar-refractivity contribution in [3.63, 3.8) is 0 Å². The Hall–Kier alpha value is -2.05. The van der Waals surface area contributed by atoms with E-state index in [2.05, 4.69) is 4.52 Å². The van der Waals surface area contributed by atoms with Gasteiger partial charge in [0.05, 0.1) is 0 Å². The number of hydrogen-bond donors (Lipinski definition) is 2. The van der Waals surface area contributed by atoms with Crippen LogP contribution in [0.1, 0.15) is 27.7 Å². The lowest BCUT2D eigenvalue weighted by Gasteiger charge is -2.43. The van der Waals surface area contributed by atoms with Crippen molar-refractivity contribution in [2.24, 2.45) is 0 Å². The fourth-order valence-electron chi connectivity index (χ4n) is 2.41. The van der Waals surface area contributed by atoms with Gasteiger partial charge in [-0.05, 0) is 0 Å². The maximum Gasteiger partial charge on any atom is 0.472 e. The Morgan fingerprint density at radius 2 is 1.29 bits per heavy atom. The van der Waals surface area contributed by atoms with Crippen molar-refractivity contribution < 1.29 is 61.7 Å². The molecule has 0 amide bonds. The van der Waals surface area contributed by atoms with Crippen molar-refractivity contribution in [3.05, 3.63) is 0 Å². The number of ether oxygens (including phenoxy) is 5. The van der Waals surface area contributed by atoms with Crippen molar-refractivity contribution in [2.75, 3.05) is 6.61 Å². The van der Waals surface area contributed by atoms with E-state index >= 15 is 0 Å². The lowest BCUT2D eigenvalue weighted by atomic mass is 9.98. The summed E-state index contributed by atoms with van der Waals surface area (Å²) in [6, 6.07) is 0. The number of hydrogen-bond acceptors (Lipinski definition) is 11. The molecule has 2 N–H and O–H groups in total. The molecule has 1 rings (SSSR count). The summed E-state index contributed by atoms with van der Waals surface area (Å²) in [4.78, 5) is 63.7. The van der Waals surface area contributed by atoms with Crippen LogP contribution in [0.25, 0.3) is 0 Å². The van der Waals surface area contributed by atoms with E-state index in [4.69, 9.17) is 33.5 Å². The van der Waals surface area contributed by atoms with Crippen LogP contribution >= 0.6 is 7.82 Å². The van der Waals surface area contributed by atoms with E-state index in [9.17, 15) is 23.7 Å². The Morgan fingerprint density at radius 1 is 0.821 bits per heavy atom. The zero-order valence-corrected chi connectivity index (χ0v) is 16.3. The molecule has 1 aliphatic heterocycles. The fourth-order valence-corrected chi connectivity index (χ4v) is 2.85. The van der Waals surface area contributed by atoms with Gasteiger partial charge in [0.25, 0.3) is 0 Å². The number of esters is 4. The largest absolute Gasteiger partial charge is 0.472 e. The fraction of sp³-hybridized carbons (Fsp3) is 0.714. The first-order valence-corrected chi connectivity index (χ1v) is 9.37. The van der Waals surface area contributed by atoms with Gasteiger partial charge < -0.3 is 33.5 Å². The standard InChI is InChI=1S/C14H21O13P/c1-6(15)22-5-10-11(23-7(2)16)12(24-8(3)17)13(25-9(4)18)14(26-10)27-28(19,20)21/h10-14H,5H2,1-4H3,(H2,19,20,21)/t10-,11-,12+,13-,14+/m1/s1. The van der Waals surface area contributed by atoms with Crippen LogP contribution in [0, 0.1) is 0 Å². The molecule has 160 valence electrons. The van der Waals surface area contributed by atoms with Crippen LogP contribution in [-0.4, -0.2) is 71.0 Å². The summed E-state index contributed by atoms with van der Waals surface area (Å²) in [7, 11) is -5.16. The summed E-state index contributed by atoms with van der Waals surface area (Å²) in [6.45, 7) is 3.56. The van der Waals surface area contributed by atoms with Crippen molar-refractivity contribution in [3.8, 4) is 0 Å². The van der Waals surface area contributed by atoms with Crippen LogP contribution in [0.15, 0.2) is 0 Å². The summed E-state index contributed by atoms with van der Waals surface area (Å²) in [5.41, 5.74) is 0. The highest BCUT2D eigenvalue weighted by atomic mass is 31.2. The van der Waals surface area contributed by atoms with Crippen LogP contribution in [-0.2, 0) is 52.0 Å². The molecule has 5 atom stereocenters. The van der Waals surface area contributed by atoms with Crippen LogP contribution in [0.3, 0.4) is 0 Å². The molecule has 0 aliphatic carbocycles. The van der Waals surface area contributed by atoms with Gasteiger partial charge in [0.15, 0.2) is 18.3 Å². The lowest BCUT2D eigenvalue weighted by molar-refractivity contribution is -0.291. The zero-order valence-electron chi connectivity index (χ0n) is 15.4. The molecule has 1 saturated heterocycles. The SMILES string of the molecule is CC(=O)OC[C@H]1O[C@@H](OP(=O)(O)O)[C@H](OC(C)=O)[C@@H](OC(C)=O)[C@@H]1OC(C)=O. The molecule has 1 heterocycles. The second-order valence-electron chi connectivity index (χ2n) is 5.66. The van der Waals surface area contributed by atoms with Crippen LogP contribution < -0.4 is 0 Å². The molecule has 1 fully saturated rings. The predicted molar refractivity (Wildman–Crippen MR) is 85.1 cm³/mol. The number of rotatable bonds is 7.